The molecule has 2 fully saturated rings. The number of hydrogen-bond donors (Lipinski definition) is 0. The highest BCUT2D eigenvalue weighted by Crippen LogP contribution is 2.48. The number of benzene rings is 1. The van der Waals surface area contributed by atoms with Gasteiger partial charge < -0.3 is 19.1 Å². The van der Waals surface area contributed by atoms with Crippen molar-refractivity contribution in [2.75, 3.05) is 39.9 Å². The number of carbonyl (C=O) groups is 2. The fourth-order valence-electron chi connectivity index (χ4n) is 4.79. The molecule has 0 radical (unpaired) electrons. The van der Waals surface area contributed by atoms with E-state index in [2.05, 4.69) is 22.3 Å². The maximum Gasteiger partial charge on any atom is 0.248 e. The topological polar surface area (TPSA) is 80.6 Å². The first-order chi connectivity index (χ1) is 14.5. The number of aryl methyl sites for hydroxylation is 2. The van der Waals surface area contributed by atoms with Crippen molar-refractivity contribution in [2.24, 2.45) is 12.5 Å². The van der Waals surface area contributed by atoms with Crippen LogP contribution in [0.5, 0.6) is 0 Å². The van der Waals surface area contributed by atoms with Crippen LogP contribution in [0, 0.1) is 5.41 Å². The molecular formula is C22H29N5O3. The predicted octanol–water partition coefficient (Wildman–Crippen LogP) is 1.24. The Hall–Kier alpha value is -2.74. The minimum atomic E-state index is -0.153. The zero-order valence-corrected chi connectivity index (χ0v) is 17.7. The summed E-state index contributed by atoms with van der Waals surface area (Å²) in [7, 11) is 3.46. The first kappa shape index (κ1) is 20.5. The van der Waals surface area contributed by atoms with Gasteiger partial charge in [0.2, 0.25) is 11.8 Å². The molecule has 0 bridgehead atoms. The molecule has 1 aromatic carbocycles. The van der Waals surface area contributed by atoms with E-state index in [1.54, 1.807) is 6.33 Å². The molecule has 2 saturated heterocycles. The highest BCUT2D eigenvalue weighted by molar-refractivity contribution is 5.79. The first-order valence-electron chi connectivity index (χ1n) is 10.4. The van der Waals surface area contributed by atoms with Crippen LogP contribution in [-0.2, 0) is 27.8 Å². The van der Waals surface area contributed by atoms with Crippen molar-refractivity contribution in [1.82, 2.24) is 24.6 Å². The number of ether oxygens (including phenoxy) is 1. The molecule has 8 heteroatoms. The summed E-state index contributed by atoms with van der Waals surface area (Å²) in [4.78, 5) is 28.9. The molecule has 3 heterocycles. The van der Waals surface area contributed by atoms with Gasteiger partial charge in [0.05, 0.1) is 0 Å². The summed E-state index contributed by atoms with van der Waals surface area (Å²) >= 11 is 0. The van der Waals surface area contributed by atoms with Gasteiger partial charge in [0.1, 0.15) is 18.8 Å². The lowest BCUT2D eigenvalue weighted by Crippen LogP contribution is -2.61. The number of aromatic nitrogens is 3. The summed E-state index contributed by atoms with van der Waals surface area (Å²) < 4.78 is 6.95. The Morgan fingerprint density at radius 1 is 1.13 bits per heavy atom. The van der Waals surface area contributed by atoms with Gasteiger partial charge in [-0.3, -0.25) is 9.59 Å². The second-order valence-corrected chi connectivity index (χ2v) is 8.51. The van der Waals surface area contributed by atoms with E-state index in [9.17, 15) is 9.59 Å². The van der Waals surface area contributed by atoms with E-state index in [1.165, 1.54) is 12.7 Å². The third-order valence-electron chi connectivity index (χ3n) is 6.39. The Labute approximate surface area is 176 Å². The Kier molecular flexibility index (Phi) is 5.85. The van der Waals surface area contributed by atoms with Gasteiger partial charge in [0, 0.05) is 58.1 Å². The number of methoxy groups -OCH3 is 1. The van der Waals surface area contributed by atoms with Crippen LogP contribution in [0.4, 0.5) is 0 Å². The van der Waals surface area contributed by atoms with Crippen molar-refractivity contribution in [3.63, 3.8) is 0 Å². The molecule has 4 rings (SSSR count). The van der Waals surface area contributed by atoms with Gasteiger partial charge in [-0.25, -0.2) is 0 Å². The number of rotatable bonds is 7. The van der Waals surface area contributed by atoms with Gasteiger partial charge in [-0.05, 0) is 18.4 Å². The molecule has 160 valence electrons. The number of amides is 2. The molecule has 8 nitrogen and oxygen atoms in total. The van der Waals surface area contributed by atoms with Gasteiger partial charge >= 0.3 is 0 Å². The molecule has 1 spiro atoms. The van der Waals surface area contributed by atoms with Crippen LogP contribution in [0.3, 0.4) is 0 Å². The van der Waals surface area contributed by atoms with E-state index < -0.39 is 0 Å². The van der Waals surface area contributed by atoms with Crippen LogP contribution in [0.1, 0.15) is 30.1 Å². The number of nitrogens with zero attached hydrogens (tertiary/aromatic N) is 5. The van der Waals surface area contributed by atoms with E-state index in [0.29, 0.717) is 32.6 Å². The second-order valence-electron chi connectivity index (χ2n) is 8.51. The van der Waals surface area contributed by atoms with Gasteiger partial charge in [-0.2, -0.15) is 0 Å². The number of likely N-dealkylation sites (tertiary alicyclic amines) is 2. The Bertz CT molecular complexity index is 891. The normalized spacial score (nSPS) is 19.9. The highest BCUT2D eigenvalue weighted by atomic mass is 16.5. The molecule has 30 heavy (non-hydrogen) atoms. The van der Waals surface area contributed by atoms with E-state index in [0.717, 1.165) is 18.7 Å². The molecule has 0 aliphatic carbocycles. The second kappa shape index (κ2) is 8.55. The van der Waals surface area contributed by atoms with Crippen molar-refractivity contribution in [3.8, 4) is 0 Å². The lowest BCUT2D eigenvalue weighted by atomic mass is 9.71. The molecule has 2 aliphatic rings. The summed E-state index contributed by atoms with van der Waals surface area (Å²) in [6.45, 7) is 2.60. The van der Waals surface area contributed by atoms with Gasteiger partial charge in [-0.1, -0.05) is 30.3 Å². The molecule has 2 amide bonds. The SMILES string of the molecule is COCC(=O)N1CC(c2nncn2C)C2(C1)CN(C(=O)CCCc1ccccc1)C2. The molecule has 0 N–H and O–H groups in total. The van der Waals surface area contributed by atoms with E-state index in [1.807, 2.05) is 39.6 Å². The molecule has 1 unspecified atom stereocenters. The lowest BCUT2D eigenvalue weighted by Gasteiger charge is -2.50. The zero-order chi connectivity index (χ0) is 21.1. The van der Waals surface area contributed by atoms with Crippen LogP contribution in [-0.4, -0.2) is 76.3 Å². The van der Waals surface area contributed by atoms with Gasteiger partial charge in [0.15, 0.2) is 0 Å². The molecule has 1 aromatic heterocycles. The minimum Gasteiger partial charge on any atom is -0.375 e. The average molecular weight is 412 g/mol. The Morgan fingerprint density at radius 2 is 1.87 bits per heavy atom. The van der Waals surface area contributed by atoms with Crippen molar-refractivity contribution in [2.45, 2.75) is 25.2 Å². The summed E-state index contributed by atoms with van der Waals surface area (Å²) in [5, 5.41) is 8.33. The summed E-state index contributed by atoms with van der Waals surface area (Å²) in [5.41, 5.74) is 1.11. The lowest BCUT2D eigenvalue weighted by molar-refractivity contribution is -0.144. The van der Waals surface area contributed by atoms with E-state index >= 15 is 0 Å². The van der Waals surface area contributed by atoms with Crippen molar-refractivity contribution < 1.29 is 14.3 Å². The van der Waals surface area contributed by atoms with Crippen molar-refractivity contribution in [3.05, 3.63) is 48.0 Å². The molecule has 1 atom stereocenters. The standard InChI is InChI=1S/C22H29N5O3/c1-25-16-23-24-21(25)18-11-26(20(29)12-30-2)13-22(18)14-27(15-22)19(28)10-6-9-17-7-4-3-5-8-17/h3-5,7-8,16,18H,6,9-15H2,1-2H3. The van der Waals surface area contributed by atoms with Crippen LogP contribution in [0.2, 0.25) is 0 Å². The Balaban J connectivity index is 1.38. The van der Waals surface area contributed by atoms with Crippen LogP contribution >= 0.6 is 0 Å². The van der Waals surface area contributed by atoms with Gasteiger partial charge in [-0.15, -0.1) is 10.2 Å². The largest absolute Gasteiger partial charge is 0.375 e. The molecular weight excluding hydrogens is 382 g/mol. The fourth-order valence-corrected chi connectivity index (χ4v) is 4.79. The summed E-state index contributed by atoms with van der Waals surface area (Å²) in [6, 6.07) is 10.3. The average Bonchev–Trinajstić information content (AvgIpc) is 3.31. The van der Waals surface area contributed by atoms with Crippen LogP contribution in [0.15, 0.2) is 36.7 Å². The number of carbonyl (C=O) groups excluding carboxylic acids is 2. The van der Waals surface area contributed by atoms with Gasteiger partial charge in [0.25, 0.3) is 0 Å². The van der Waals surface area contributed by atoms with E-state index in [4.69, 9.17) is 4.74 Å². The fraction of sp³-hybridized carbons (Fsp3) is 0.545. The van der Waals surface area contributed by atoms with Crippen LogP contribution in [0.25, 0.3) is 0 Å². The monoisotopic (exact) mass is 411 g/mol. The van der Waals surface area contributed by atoms with Crippen molar-refractivity contribution in [1.29, 1.82) is 0 Å². The highest BCUT2D eigenvalue weighted by Gasteiger charge is 2.57. The quantitative estimate of drug-likeness (QED) is 0.685. The smallest absolute Gasteiger partial charge is 0.248 e. The van der Waals surface area contributed by atoms with Crippen LogP contribution < -0.4 is 0 Å². The third kappa shape index (κ3) is 3.96. The molecule has 2 aliphatic heterocycles. The van der Waals surface area contributed by atoms with Crippen molar-refractivity contribution >= 4 is 11.8 Å². The Morgan fingerprint density at radius 3 is 2.53 bits per heavy atom. The summed E-state index contributed by atoms with van der Waals surface area (Å²) in [6.07, 6.45) is 3.99. The maximum absolute atomic E-state index is 12.7. The maximum atomic E-state index is 12.7. The minimum absolute atomic E-state index is 0.0193. The summed E-state index contributed by atoms with van der Waals surface area (Å²) in [5.74, 6) is 1.11. The molecule has 0 saturated carbocycles. The molecule has 2 aromatic rings. The zero-order valence-electron chi connectivity index (χ0n) is 17.7. The third-order valence-corrected chi connectivity index (χ3v) is 6.39. The first-order valence-corrected chi connectivity index (χ1v) is 10.4. The number of hydrogen-bond acceptors (Lipinski definition) is 5. The predicted molar refractivity (Wildman–Crippen MR) is 111 cm³/mol. The van der Waals surface area contributed by atoms with E-state index in [-0.39, 0.29) is 29.8 Å².